The maximum atomic E-state index is 12.7. The van der Waals surface area contributed by atoms with E-state index in [-0.39, 0.29) is 18.0 Å². The minimum absolute atomic E-state index is 0.0392. The molecule has 0 radical (unpaired) electrons. The third-order valence-electron chi connectivity index (χ3n) is 5.00. The van der Waals surface area contributed by atoms with Gasteiger partial charge in [-0.05, 0) is 24.5 Å². The van der Waals surface area contributed by atoms with Gasteiger partial charge in [0.05, 0.1) is 11.9 Å². The van der Waals surface area contributed by atoms with Crippen LogP contribution in [0.3, 0.4) is 0 Å². The number of nitrogens with one attached hydrogen (secondary N) is 1. The monoisotopic (exact) mass is 381 g/mol. The number of unbranched alkanes of at least 4 members (excludes halogenated alkanes) is 1. The molecule has 148 valence electrons. The Labute approximate surface area is 164 Å². The highest BCUT2D eigenvalue weighted by Crippen LogP contribution is 2.13. The number of hydrogen-bond acceptors (Lipinski definition) is 4. The highest BCUT2D eigenvalue weighted by Gasteiger charge is 2.14. The third-order valence-corrected chi connectivity index (χ3v) is 5.00. The molecule has 2 heterocycles. The molecule has 0 aliphatic carbocycles. The Kier molecular flexibility index (Phi) is 6.57. The second-order valence-corrected chi connectivity index (χ2v) is 7.03. The number of carbonyl (C=O) groups is 1. The van der Waals surface area contributed by atoms with Gasteiger partial charge in [0.1, 0.15) is 18.3 Å². The van der Waals surface area contributed by atoms with Crippen molar-refractivity contribution < 1.29 is 4.79 Å². The van der Waals surface area contributed by atoms with Gasteiger partial charge in [-0.25, -0.2) is 9.67 Å². The summed E-state index contributed by atoms with van der Waals surface area (Å²) in [5.74, 6) is 0.305. The van der Waals surface area contributed by atoms with Crippen molar-refractivity contribution in [1.82, 2.24) is 24.6 Å². The molecule has 1 aromatic carbocycles. The molecule has 1 atom stereocenters. The van der Waals surface area contributed by atoms with Crippen LogP contribution in [0.4, 0.5) is 0 Å². The molecule has 7 nitrogen and oxygen atoms in total. The van der Waals surface area contributed by atoms with Crippen LogP contribution in [0.2, 0.25) is 0 Å². The SMILES string of the molecule is CCCC[C@@H](CC)CNC(=O)Cn1cnc2c(cnn2-c2ccccc2)c1=O. The van der Waals surface area contributed by atoms with E-state index < -0.39 is 0 Å². The lowest BCUT2D eigenvalue weighted by molar-refractivity contribution is -0.121. The van der Waals surface area contributed by atoms with E-state index in [1.54, 1.807) is 4.68 Å². The van der Waals surface area contributed by atoms with Crippen LogP contribution in [-0.4, -0.2) is 31.8 Å². The molecule has 0 aliphatic heterocycles. The number of amides is 1. The van der Waals surface area contributed by atoms with Gasteiger partial charge in [-0.1, -0.05) is 51.3 Å². The average molecular weight is 381 g/mol. The molecule has 0 spiro atoms. The molecule has 3 aromatic rings. The van der Waals surface area contributed by atoms with Gasteiger partial charge in [0.25, 0.3) is 5.56 Å². The first-order valence-electron chi connectivity index (χ1n) is 9.89. The molecule has 7 heteroatoms. The van der Waals surface area contributed by atoms with Crippen molar-refractivity contribution in [1.29, 1.82) is 0 Å². The van der Waals surface area contributed by atoms with Crippen molar-refractivity contribution in [3.8, 4) is 5.69 Å². The van der Waals surface area contributed by atoms with Crippen molar-refractivity contribution >= 4 is 16.9 Å². The smallest absolute Gasteiger partial charge is 0.264 e. The molecule has 0 aliphatic rings. The zero-order valence-corrected chi connectivity index (χ0v) is 16.5. The van der Waals surface area contributed by atoms with Gasteiger partial charge in [-0.3, -0.25) is 14.2 Å². The Morgan fingerprint density at radius 1 is 1.21 bits per heavy atom. The van der Waals surface area contributed by atoms with Crippen LogP contribution in [0, 0.1) is 5.92 Å². The quantitative estimate of drug-likeness (QED) is 0.618. The van der Waals surface area contributed by atoms with Crippen molar-refractivity contribution in [2.24, 2.45) is 5.92 Å². The van der Waals surface area contributed by atoms with Crippen LogP contribution in [0.5, 0.6) is 0 Å². The normalized spacial score (nSPS) is 12.2. The van der Waals surface area contributed by atoms with E-state index in [9.17, 15) is 9.59 Å². The molecule has 0 saturated heterocycles. The van der Waals surface area contributed by atoms with Crippen molar-refractivity contribution in [3.05, 3.63) is 53.2 Å². The summed E-state index contributed by atoms with van der Waals surface area (Å²) >= 11 is 0. The van der Waals surface area contributed by atoms with E-state index in [0.717, 1.165) is 24.9 Å². The summed E-state index contributed by atoms with van der Waals surface area (Å²) in [6.07, 6.45) is 7.39. The zero-order chi connectivity index (χ0) is 19.9. The summed E-state index contributed by atoms with van der Waals surface area (Å²) in [5.41, 5.74) is 1.05. The largest absolute Gasteiger partial charge is 0.354 e. The van der Waals surface area contributed by atoms with Crippen LogP contribution < -0.4 is 10.9 Å². The van der Waals surface area contributed by atoms with Crippen molar-refractivity contribution in [2.75, 3.05) is 6.54 Å². The lowest BCUT2D eigenvalue weighted by Gasteiger charge is -2.15. The molecule has 28 heavy (non-hydrogen) atoms. The summed E-state index contributed by atoms with van der Waals surface area (Å²) in [6, 6.07) is 9.52. The standard InChI is InChI=1S/C21H27N5O2/c1-3-5-9-16(4-2)12-22-19(27)14-25-15-23-20-18(21(25)28)13-24-26(20)17-10-7-6-8-11-17/h6-8,10-11,13,15-16H,3-5,9,12,14H2,1-2H3,(H,22,27)/t16-/m1/s1. The number of para-hydroxylation sites is 1. The molecule has 0 bridgehead atoms. The fourth-order valence-corrected chi connectivity index (χ4v) is 3.23. The molecule has 0 unspecified atom stereocenters. The lowest BCUT2D eigenvalue weighted by atomic mass is 9.99. The van der Waals surface area contributed by atoms with Gasteiger partial charge in [-0.2, -0.15) is 5.10 Å². The number of nitrogens with zero attached hydrogens (tertiary/aromatic N) is 4. The fourth-order valence-electron chi connectivity index (χ4n) is 3.23. The lowest BCUT2D eigenvalue weighted by Crippen LogP contribution is -2.35. The molecular weight excluding hydrogens is 354 g/mol. The first-order valence-corrected chi connectivity index (χ1v) is 9.89. The number of rotatable bonds is 9. The fraction of sp³-hybridized carbons (Fsp3) is 0.429. The maximum Gasteiger partial charge on any atom is 0.264 e. The Balaban J connectivity index is 1.71. The summed E-state index contributed by atoms with van der Waals surface area (Å²) < 4.78 is 2.96. The molecule has 0 saturated carbocycles. The predicted molar refractivity (Wildman–Crippen MR) is 109 cm³/mol. The topological polar surface area (TPSA) is 81.8 Å². The van der Waals surface area contributed by atoms with E-state index in [2.05, 4.69) is 29.2 Å². The summed E-state index contributed by atoms with van der Waals surface area (Å²) in [4.78, 5) is 29.4. The summed E-state index contributed by atoms with van der Waals surface area (Å²) in [5, 5.41) is 7.63. The second-order valence-electron chi connectivity index (χ2n) is 7.03. The van der Waals surface area contributed by atoms with Crippen LogP contribution in [0.15, 0.2) is 47.7 Å². The second kappa shape index (κ2) is 9.30. The minimum Gasteiger partial charge on any atom is -0.354 e. The van der Waals surface area contributed by atoms with Crippen LogP contribution in [0.1, 0.15) is 39.5 Å². The van der Waals surface area contributed by atoms with Gasteiger partial charge < -0.3 is 5.32 Å². The van der Waals surface area contributed by atoms with E-state index in [0.29, 0.717) is 23.5 Å². The maximum absolute atomic E-state index is 12.7. The van der Waals surface area contributed by atoms with Gasteiger partial charge in [0.15, 0.2) is 5.65 Å². The van der Waals surface area contributed by atoms with Crippen LogP contribution in [-0.2, 0) is 11.3 Å². The Morgan fingerprint density at radius 3 is 2.71 bits per heavy atom. The van der Waals surface area contributed by atoms with Crippen molar-refractivity contribution in [3.63, 3.8) is 0 Å². The molecule has 2 aromatic heterocycles. The van der Waals surface area contributed by atoms with Gasteiger partial charge in [0.2, 0.25) is 5.91 Å². The number of carbonyl (C=O) groups excluding carboxylic acids is 1. The molecule has 0 fully saturated rings. The van der Waals surface area contributed by atoms with E-state index >= 15 is 0 Å². The zero-order valence-electron chi connectivity index (χ0n) is 16.5. The number of hydrogen-bond donors (Lipinski definition) is 1. The highest BCUT2D eigenvalue weighted by atomic mass is 16.2. The van der Waals surface area contributed by atoms with Crippen molar-refractivity contribution in [2.45, 2.75) is 46.1 Å². The van der Waals surface area contributed by atoms with Gasteiger partial charge in [0, 0.05) is 6.54 Å². The summed E-state index contributed by atoms with van der Waals surface area (Å²) in [6.45, 7) is 4.91. The molecular formula is C21H27N5O2. The first kappa shape index (κ1) is 19.8. The molecule has 1 N–H and O–H groups in total. The Hall–Kier alpha value is -2.96. The number of aromatic nitrogens is 4. The van der Waals surface area contributed by atoms with Gasteiger partial charge in [-0.15, -0.1) is 0 Å². The number of benzene rings is 1. The first-order chi connectivity index (χ1) is 13.6. The average Bonchev–Trinajstić information content (AvgIpc) is 3.16. The Morgan fingerprint density at radius 2 is 2.00 bits per heavy atom. The van der Waals surface area contributed by atoms with E-state index in [4.69, 9.17) is 0 Å². The van der Waals surface area contributed by atoms with Gasteiger partial charge >= 0.3 is 0 Å². The van der Waals surface area contributed by atoms with E-state index in [1.165, 1.54) is 23.5 Å². The predicted octanol–water partition coefficient (Wildman–Crippen LogP) is 2.91. The van der Waals surface area contributed by atoms with Crippen LogP contribution >= 0.6 is 0 Å². The van der Waals surface area contributed by atoms with Crippen LogP contribution in [0.25, 0.3) is 16.7 Å². The third kappa shape index (κ3) is 4.47. The van der Waals surface area contributed by atoms with E-state index in [1.807, 2.05) is 30.3 Å². The Bertz CT molecular complexity index is 977. The molecule has 3 rings (SSSR count). The highest BCUT2D eigenvalue weighted by molar-refractivity contribution is 5.77. The molecule has 1 amide bonds. The summed E-state index contributed by atoms with van der Waals surface area (Å²) in [7, 11) is 0. The number of fused-ring (bicyclic) bond motifs is 1. The minimum atomic E-state index is -0.264.